The van der Waals surface area contributed by atoms with Gasteiger partial charge in [-0.1, -0.05) is 0 Å². The average Bonchev–Trinajstić information content (AvgIpc) is 2.85. The van der Waals surface area contributed by atoms with E-state index in [9.17, 15) is 5.11 Å². The number of hydrogen-bond acceptors (Lipinski definition) is 4. The van der Waals surface area contributed by atoms with Crippen LogP contribution in [0, 0.1) is 13.8 Å². The lowest BCUT2D eigenvalue weighted by Crippen LogP contribution is -2.33. The monoisotopic (exact) mass is 274 g/mol. The van der Waals surface area contributed by atoms with Crippen molar-refractivity contribution in [3.05, 3.63) is 41.5 Å². The summed E-state index contributed by atoms with van der Waals surface area (Å²) in [5.41, 5.74) is 2.74. The lowest BCUT2D eigenvalue weighted by atomic mass is 10.1. The minimum Gasteiger partial charge on any atom is -0.506 e. The van der Waals surface area contributed by atoms with Gasteiger partial charge in [0, 0.05) is 24.5 Å². The summed E-state index contributed by atoms with van der Waals surface area (Å²) in [6, 6.07) is 3.94. The van der Waals surface area contributed by atoms with Gasteiger partial charge in [0.15, 0.2) is 0 Å². The molecule has 5 heteroatoms. The fourth-order valence-corrected chi connectivity index (χ4v) is 2.05. The van der Waals surface area contributed by atoms with Crippen molar-refractivity contribution >= 4 is 0 Å². The number of aryl methyl sites for hydroxylation is 2. The van der Waals surface area contributed by atoms with E-state index in [-0.39, 0.29) is 17.8 Å². The van der Waals surface area contributed by atoms with Crippen molar-refractivity contribution in [2.24, 2.45) is 0 Å². The van der Waals surface area contributed by atoms with Crippen molar-refractivity contribution in [2.45, 2.75) is 46.3 Å². The number of aromatic hydroxyl groups is 1. The Bertz CT molecular complexity index is 579. The van der Waals surface area contributed by atoms with Crippen LogP contribution >= 0.6 is 0 Å². The highest BCUT2D eigenvalue weighted by Gasteiger charge is 2.15. The topological polar surface area (TPSA) is 63.0 Å². The van der Waals surface area contributed by atoms with Crippen molar-refractivity contribution in [1.29, 1.82) is 0 Å². The van der Waals surface area contributed by atoms with Gasteiger partial charge in [-0.05, 0) is 45.4 Å². The molecule has 0 fully saturated rings. The summed E-state index contributed by atoms with van der Waals surface area (Å²) in [5.74, 6) is 0.234. The minimum absolute atomic E-state index is 0.219. The Kier molecular flexibility index (Phi) is 4.39. The van der Waals surface area contributed by atoms with E-state index in [4.69, 9.17) is 0 Å². The first-order chi connectivity index (χ1) is 9.47. The molecule has 0 saturated heterocycles. The largest absolute Gasteiger partial charge is 0.506 e. The predicted octanol–water partition coefficient (Wildman–Crippen LogP) is 2.34. The van der Waals surface area contributed by atoms with Gasteiger partial charge in [0.05, 0.1) is 17.9 Å². The summed E-state index contributed by atoms with van der Waals surface area (Å²) in [5, 5.41) is 17.5. The molecule has 0 radical (unpaired) electrons. The van der Waals surface area contributed by atoms with Crippen molar-refractivity contribution < 1.29 is 5.11 Å². The molecule has 108 valence electrons. The molecule has 0 aliphatic rings. The lowest BCUT2D eigenvalue weighted by Gasteiger charge is -2.22. The van der Waals surface area contributed by atoms with Crippen LogP contribution in [0.25, 0.3) is 0 Å². The lowest BCUT2D eigenvalue weighted by molar-refractivity contribution is 0.360. The van der Waals surface area contributed by atoms with E-state index in [1.807, 2.05) is 30.9 Å². The fraction of sp³-hybridized carbons (Fsp3) is 0.467. The van der Waals surface area contributed by atoms with Gasteiger partial charge in [-0.25, -0.2) is 0 Å². The third-order valence-corrected chi connectivity index (χ3v) is 3.55. The number of aromatic nitrogens is 3. The average molecular weight is 274 g/mol. The van der Waals surface area contributed by atoms with Gasteiger partial charge < -0.3 is 10.4 Å². The summed E-state index contributed by atoms with van der Waals surface area (Å²) in [6.45, 7) is 8.71. The number of rotatable bonds is 5. The van der Waals surface area contributed by atoms with Crippen LogP contribution in [-0.2, 0) is 6.54 Å². The third kappa shape index (κ3) is 3.36. The molecule has 0 bridgehead atoms. The molecule has 2 N–H and O–H groups in total. The quantitative estimate of drug-likeness (QED) is 0.878. The second-order valence-corrected chi connectivity index (χ2v) is 5.33. The Morgan fingerprint density at radius 1 is 1.30 bits per heavy atom. The van der Waals surface area contributed by atoms with E-state index < -0.39 is 0 Å². The van der Waals surface area contributed by atoms with E-state index in [0.29, 0.717) is 12.2 Å². The number of nitrogens with one attached hydrogen (secondary N) is 1. The molecule has 0 spiro atoms. The first-order valence-electron chi connectivity index (χ1n) is 6.87. The third-order valence-electron chi connectivity index (χ3n) is 3.55. The predicted molar refractivity (Wildman–Crippen MR) is 78.6 cm³/mol. The first-order valence-corrected chi connectivity index (χ1v) is 6.87. The van der Waals surface area contributed by atoms with Gasteiger partial charge in [-0.15, -0.1) is 0 Å². The maximum atomic E-state index is 9.79. The van der Waals surface area contributed by atoms with Crippen LogP contribution in [0.3, 0.4) is 0 Å². The molecule has 0 saturated carbocycles. The fourth-order valence-electron chi connectivity index (χ4n) is 2.05. The molecule has 2 atom stereocenters. The van der Waals surface area contributed by atoms with Gasteiger partial charge >= 0.3 is 0 Å². The molecule has 2 rings (SSSR count). The van der Waals surface area contributed by atoms with Crippen molar-refractivity contribution in [3.63, 3.8) is 0 Å². The summed E-state index contributed by atoms with van der Waals surface area (Å²) >= 11 is 0. The normalized spacial score (nSPS) is 14.2. The standard InChI is InChI=1S/C15H22N4O/c1-10-7-17-19(9-10)13(4)12(3)16-8-14-15(20)6-5-11(2)18-14/h5-7,9,12-13,16,20H,8H2,1-4H3. The smallest absolute Gasteiger partial charge is 0.138 e. The Hall–Kier alpha value is -1.88. The second-order valence-electron chi connectivity index (χ2n) is 5.33. The highest BCUT2D eigenvalue weighted by atomic mass is 16.3. The van der Waals surface area contributed by atoms with E-state index in [1.54, 1.807) is 12.1 Å². The number of pyridine rings is 1. The minimum atomic E-state index is 0.219. The van der Waals surface area contributed by atoms with Crippen LogP contribution in [-0.4, -0.2) is 25.9 Å². The van der Waals surface area contributed by atoms with Crippen LogP contribution in [0.5, 0.6) is 5.75 Å². The highest BCUT2D eigenvalue weighted by molar-refractivity contribution is 5.27. The molecule has 2 heterocycles. The van der Waals surface area contributed by atoms with E-state index in [0.717, 1.165) is 11.3 Å². The van der Waals surface area contributed by atoms with Crippen molar-refractivity contribution in [1.82, 2.24) is 20.1 Å². The molecule has 2 unspecified atom stereocenters. The second kappa shape index (κ2) is 6.05. The summed E-state index contributed by atoms with van der Waals surface area (Å²) < 4.78 is 1.95. The molecule has 0 aromatic carbocycles. The Morgan fingerprint density at radius 2 is 2.05 bits per heavy atom. The van der Waals surface area contributed by atoms with E-state index >= 15 is 0 Å². The zero-order valence-electron chi connectivity index (χ0n) is 12.5. The molecule has 2 aromatic rings. The number of nitrogens with zero attached hydrogens (tertiary/aromatic N) is 3. The molecular formula is C15H22N4O. The Morgan fingerprint density at radius 3 is 2.70 bits per heavy atom. The van der Waals surface area contributed by atoms with Crippen molar-refractivity contribution in [3.8, 4) is 5.75 Å². The maximum Gasteiger partial charge on any atom is 0.138 e. The maximum absolute atomic E-state index is 9.79. The molecule has 0 amide bonds. The molecule has 2 aromatic heterocycles. The molecule has 0 aliphatic heterocycles. The van der Waals surface area contributed by atoms with Crippen LogP contribution in [0.4, 0.5) is 0 Å². The number of hydrogen-bond donors (Lipinski definition) is 2. The first kappa shape index (κ1) is 14.5. The van der Waals surface area contributed by atoms with E-state index in [2.05, 4.69) is 29.2 Å². The molecular weight excluding hydrogens is 252 g/mol. The molecule has 20 heavy (non-hydrogen) atoms. The summed E-state index contributed by atoms with van der Waals surface area (Å²) in [4.78, 5) is 4.35. The van der Waals surface area contributed by atoms with Crippen LogP contribution < -0.4 is 5.32 Å². The summed E-state index contributed by atoms with van der Waals surface area (Å²) in [7, 11) is 0. The molecule has 0 aliphatic carbocycles. The van der Waals surface area contributed by atoms with Crippen LogP contribution in [0.2, 0.25) is 0 Å². The van der Waals surface area contributed by atoms with Gasteiger partial charge in [0.1, 0.15) is 5.75 Å². The Balaban J connectivity index is 1.98. The van der Waals surface area contributed by atoms with Gasteiger partial charge in [0.2, 0.25) is 0 Å². The zero-order valence-corrected chi connectivity index (χ0v) is 12.5. The van der Waals surface area contributed by atoms with Crippen LogP contribution in [0.1, 0.15) is 36.8 Å². The van der Waals surface area contributed by atoms with E-state index in [1.165, 1.54) is 0 Å². The van der Waals surface area contributed by atoms with Gasteiger partial charge in [-0.3, -0.25) is 9.67 Å². The Labute approximate surface area is 119 Å². The molecule has 5 nitrogen and oxygen atoms in total. The highest BCUT2D eigenvalue weighted by Crippen LogP contribution is 2.16. The van der Waals surface area contributed by atoms with Gasteiger partial charge in [-0.2, -0.15) is 5.10 Å². The SMILES string of the molecule is Cc1cnn(C(C)C(C)NCc2nc(C)ccc2O)c1. The van der Waals surface area contributed by atoms with Crippen LogP contribution in [0.15, 0.2) is 24.5 Å². The van der Waals surface area contributed by atoms with Crippen molar-refractivity contribution in [2.75, 3.05) is 0 Å². The zero-order chi connectivity index (χ0) is 14.7. The van der Waals surface area contributed by atoms with Gasteiger partial charge in [0.25, 0.3) is 0 Å². The summed E-state index contributed by atoms with van der Waals surface area (Å²) in [6.07, 6.45) is 3.89.